The van der Waals surface area contributed by atoms with E-state index in [1.165, 1.54) is 0 Å². The zero-order chi connectivity index (χ0) is 15.3. The van der Waals surface area contributed by atoms with Gasteiger partial charge in [0.1, 0.15) is 11.5 Å². The third-order valence-electron chi connectivity index (χ3n) is 3.98. The Bertz CT molecular complexity index is 597. The molecule has 0 bridgehead atoms. The van der Waals surface area contributed by atoms with Crippen LogP contribution in [-0.4, -0.2) is 20.8 Å². The molecule has 2 N–H and O–H groups in total. The highest BCUT2D eigenvalue weighted by atomic mass is 16.5. The molecule has 0 radical (unpaired) electrons. The van der Waals surface area contributed by atoms with Crippen LogP contribution in [0.5, 0.6) is 11.5 Å². The lowest BCUT2D eigenvalue weighted by atomic mass is 9.76. The van der Waals surface area contributed by atoms with E-state index in [1.807, 2.05) is 36.4 Å². The summed E-state index contributed by atoms with van der Waals surface area (Å²) in [4.78, 5) is 0. The molecular formula is C18H23NO2. The quantitative estimate of drug-likeness (QED) is 0.886. The molecule has 0 aliphatic rings. The van der Waals surface area contributed by atoms with Crippen LogP contribution in [0.1, 0.15) is 18.1 Å². The standard InChI is InChI=1S/C18H23NO2/c1-18(13-19,15-9-5-7-11-17(15)21-3)12-14-8-4-6-10-16(14)20-2/h4-11H,12-13,19H2,1-3H3. The molecule has 112 valence electrons. The molecule has 1 atom stereocenters. The predicted molar refractivity (Wildman–Crippen MR) is 86.1 cm³/mol. The van der Waals surface area contributed by atoms with Gasteiger partial charge in [-0.2, -0.15) is 0 Å². The van der Waals surface area contributed by atoms with Crippen molar-refractivity contribution in [3.05, 3.63) is 59.7 Å². The van der Waals surface area contributed by atoms with E-state index < -0.39 is 0 Å². The van der Waals surface area contributed by atoms with Crippen LogP contribution >= 0.6 is 0 Å². The van der Waals surface area contributed by atoms with E-state index in [-0.39, 0.29) is 5.41 Å². The van der Waals surface area contributed by atoms with Gasteiger partial charge in [0.25, 0.3) is 0 Å². The number of para-hydroxylation sites is 2. The third-order valence-corrected chi connectivity index (χ3v) is 3.98. The number of hydrogen-bond donors (Lipinski definition) is 1. The van der Waals surface area contributed by atoms with Crippen molar-refractivity contribution in [2.75, 3.05) is 20.8 Å². The minimum atomic E-state index is -0.207. The van der Waals surface area contributed by atoms with Gasteiger partial charge in [0.2, 0.25) is 0 Å². The number of hydrogen-bond acceptors (Lipinski definition) is 3. The first-order chi connectivity index (χ1) is 10.1. The second-order valence-electron chi connectivity index (χ2n) is 5.45. The summed E-state index contributed by atoms with van der Waals surface area (Å²) in [6.07, 6.45) is 0.799. The first kappa shape index (κ1) is 15.4. The highest BCUT2D eigenvalue weighted by Crippen LogP contribution is 2.35. The van der Waals surface area contributed by atoms with Crippen LogP contribution in [0.3, 0.4) is 0 Å². The van der Waals surface area contributed by atoms with Crippen LogP contribution < -0.4 is 15.2 Å². The summed E-state index contributed by atoms with van der Waals surface area (Å²) in [5.74, 6) is 1.77. The Kier molecular flexibility index (Phi) is 4.86. The largest absolute Gasteiger partial charge is 0.496 e. The second kappa shape index (κ2) is 6.64. The Morgan fingerprint density at radius 3 is 2.10 bits per heavy atom. The summed E-state index contributed by atoms with van der Waals surface area (Å²) in [6, 6.07) is 16.1. The van der Waals surface area contributed by atoms with Crippen LogP contribution in [0, 0.1) is 0 Å². The molecular weight excluding hydrogens is 262 g/mol. The predicted octanol–water partition coefficient (Wildman–Crippen LogP) is 3.16. The Hall–Kier alpha value is -2.00. The summed E-state index contributed by atoms with van der Waals surface area (Å²) in [6.45, 7) is 2.70. The van der Waals surface area contributed by atoms with Crippen molar-refractivity contribution >= 4 is 0 Å². The maximum Gasteiger partial charge on any atom is 0.122 e. The van der Waals surface area contributed by atoms with Gasteiger partial charge in [-0.3, -0.25) is 0 Å². The molecule has 0 fully saturated rings. The number of rotatable bonds is 6. The fraction of sp³-hybridized carbons (Fsp3) is 0.333. The van der Waals surface area contributed by atoms with Gasteiger partial charge in [0, 0.05) is 17.5 Å². The molecule has 0 amide bonds. The zero-order valence-corrected chi connectivity index (χ0v) is 12.9. The summed E-state index contributed by atoms with van der Waals surface area (Å²) in [7, 11) is 3.39. The van der Waals surface area contributed by atoms with Crippen molar-refractivity contribution in [2.24, 2.45) is 5.73 Å². The van der Waals surface area contributed by atoms with E-state index in [0.29, 0.717) is 6.54 Å². The summed E-state index contributed by atoms with van der Waals surface area (Å²) < 4.78 is 11.0. The normalized spacial score (nSPS) is 13.5. The monoisotopic (exact) mass is 285 g/mol. The smallest absolute Gasteiger partial charge is 0.122 e. The molecule has 2 aromatic rings. The molecule has 21 heavy (non-hydrogen) atoms. The van der Waals surface area contributed by atoms with Crippen LogP contribution in [0.2, 0.25) is 0 Å². The highest BCUT2D eigenvalue weighted by Gasteiger charge is 2.29. The summed E-state index contributed by atoms with van der Waals surface area (Å²) in [5.41, 5.74) is 8.18. The summed E-state index contributed by atoms with van der Waals surface area (Å²) >= 11 is 0. The maximum absolute atomic E-state index is 6.11. The van der Waals surface area contributed by atoms with Gasteiger partial charge in [-0.1, -0.05) is 43.3 Å². The van der Waals surface area contributed by atoms with Crippen molar-refractivity contribution in [2.45, 2.75) is 18.8 Å². The van der Waals surface area contributed by atoms with E-state index in [1.54, 1.807) is 14.2 Å². The topological polar surface area (TPSA) is 44.5 Å². The third kappa shape index (κ3) is 3.19. The Morgan fingerprint density at radius 2 is 1.48 bits per heavy atom. The van der Waals surface area contributed by atoms with E-state index >= 15 is 0 Å². The van der Waals surface area contributed by atoms with E-state index in [2.05, 4.69) is 19.1 Å². The molecule has 0 aromatic heterocycles. The van der Waals surface area contributed by atoms with Crippen LogP contribution in [0.15, 0.2) is 48.5 Å². The minimum absolute atomic E-state index is 0.207. The molecule has 2 aromatic carbocycles. The minimum Gasteiger partial charge on any atom is -0.496 e. The van der Waals surface area contributed by atoms with Crippen molar-refractivity contribution in [1.82, 2.24) is 0 Å². The number of methoxy groups -OCH3 is 2. The second-order valence-corrected chi connectivity index (χ2v) is 5.45. The first-order valence-electron chi connectivity index (χ1n) is 7.10. The van der Waals surface area contributed by atoms with Crippen molar-refractivity contribution in [1.29, 1.82) is 0 Å². The Morgan fingerprint density at radius 1 is 0.905 bits per heavy atom. The van der Waals surface area contributed by atoms with Crippen molar-refractivity contribution in [3.63, 3.8) is 0 Å². The SMILES string of the molecule is COc1ccccc1CC(C)(CN)c1ccccc1OC. The van der Waals surface area contributed by atoms with Gasteiger partial charge >= 0.3 is 0 Å². The zero-order valence-electron chi connectivity index (χ0n) is 12.9. The molecule has 2 rings (SSSR count). The summed E-state index contributed by atoms with van der Waals surface area (Å²) in [5, 5.41) is 0. The molecule has 0 spiro atoms. The van der Waals surface area contributed by atoms with Gasteiger partial charge in [0.05, 0.1) is 14.2 Å². The molecule has 0 saturated carbocycles. The van der Waals surface area contributed by atoms with Gasteiger partial charge in [-0.05, 0) is 24.1 Å². The fourth-order valence-electron chi connectivity index (χ4n) is 2.69. The van der Waals surface area contributed by atoms with E-state index in [9.17, 15) is 0 Å². The first-order valence-corrected chi connectivity index (χ1v) is 7.10. The van der Waals surface area contributed by atoms with Gasteiger partial charge in [0.15, 0.2) is 0 Å². The van der Waals surface area contributed by atoms with Crippen LogP contribution in [0.25, 0.3) is 0 Å². The molecule has 3 nitrogen and oxygen atoms in total. The molecule has 0 heterocycles. The maximum atomic E-state index is 6.11. The highest BCUT2D eigenvalue weighted by molar-refractivity contribution is 5.43. The fourth-order valence-corrected chi connectivity index (χ4v) is 2.69. The Balaban J connectivity index is 2.42. The Labute approximate surface area is 126 Å². The molecule has 0 aliphatic heterocycles. The van der Waals surface area contributed by atoms with E-state index in [0.717, 1.165) is 29.0 Å². The van der Waals surface area contributed by atoms with Crippen molar-refractivity contribution in [3.8, 4) is 11.5 Å². The molecule has 1 unspecified atom stereocenters. The van der Waals surface area contributed by atoms with Crippen LogP contribution in [0.4, 0.5) is 0 Å². The molecule has 3 heteroatoms. The average Bonchev–Trinajstić information content (AvgIpc) is 2.55. The van der Waals surface area contributed by atoms with Gasteiger partial charge < -0.3 is 15.2 Å². The van der Waals surface area contributed by atoms with Crippen LogP contribution in [-0.2, 0) is 11.8 Å². The molecule has 0 saturated heterocycles. The number of benzene rings is 2. The average molecular weight is 285 g/mol. The van der Waals surface area contributed by atoms with Gasteiger partial charge in [-0.15, -0.1) is 0 Å². The number of ether oxygens (including phenoxy) is 2. The lowest BCUT2D eigenvalue weighted by Gasteiger charge is -2.30. The number of nitrogens with two attached hydrogens (primary N) is 1. The van der Waals surface area contributed by atoms with Crippen molar-refractivity contribution < 1.29 is 9.47 Å². The lowest BCUT2D eigenvalue weighted by Crippen LogP contribution is -2.34. The van der Waals surface area contributed by atoms with Gasteiger partial charge in [-0.25, -0.2) is 0 Å². The lowest BCUT2D eigenvalue weighted by molar-refractivity contribution is 0.377. The van der Waals surface area contributed by atoms with E-state index in [4.69, 9.17) is 15.2 Å². The molecule has 0 aliphatic carbocycles.